The lowest BCUT2D eigenvalue weighted by Crippen LogP contribution is -2.23. The Kier molecular flexibility index (Phi) is 5.77. The number of likely N-dealkylation sites (tertiary alicyclic amines) is 1. The van der Waals surface area contributed by atoms with Crippen LogP contribution in [0.15, 0.2) is 23.1 Å². The van der Waals surface area contributed by atoms with Crippen LogP contribution in [0.4, 0.5) is 10.1 Å². The molecule has 1 fully saturated rings. The first-order chi connectivity index (χ1) is 10.5. The Morgan fingerprint density at radius 3 is 2.82 bits per heavy atom. The van der Waals surface area contributed by atoms with Gasteiger partial charge < -0.3 is 10.2 Å². The summed E-state index contributed by atoms with van der Waals surface area (Å²) >= 11 is 0. The summed E-state index contributed by atoms with van der Waals surface area (Å²) < 4.78 is 39.5. The van der Waals surface area contributed by atoms with E-state index in [1.165, 1.54) is 19.2 Å². The average Bonchev–Trinajstić information content (AvgIpc) is 2.94. The van der Waals surface area contributed by atoms with Crippen molar-refractivity contribution in [3.05, 3.63) is 24.0 Å². The number of anilines is 1. The summed E-state index contributed by atoms with van der Waals surface area (Å²) in [4.78, 5) is 2.36. The number of hydrogen-bond acceptors (Lipinski definition) is 4. The van der Waals surface area contributed by atoms with Crippen molar-refractivity contribution in [3.63, 3.8) is 0 Å². The van der Waals surface area contributed by atoms with Crippen LogP contribution >= 0.6 is 0 Å². The van der Waals surface area contributed by atoms with Gasteiger partial charge in [0.2, 0.25) is 10.0 Å². The van der Waals surface area contributed by atoms with Crippen molar-refractivity contribution in [1.29, 1.82) is 0 Å². The lowest BCUT2D eigenvalue weighted by Gasteiger charge is -2.16. The highest BCUT2D eigenvalue weighted by atomic mass is 32.2. The van der Waals surface area contributed by atoms with Gasteiger partial charge in [-0.05, 0) is 57.1 Å². The number of halogens is 1. The van der Waals surface area contributed by atoms with Crippen molar-refractivity contribution < 1.29 is 12.8 Å². The molecule has 1 aromatic rings. The lowest BCUT2D eigenvalue weighted by atomic mass is 10.1. The minimum atomic E-state index is -3.61. The summed E-state index contributed by atoms with van der Waals surface area (Å²) in [6, 6.07) is 3.94. The van der Waals surface area contributed by atoms with Gasteiger partial charge in [-0.2, -0.15) is 0 Å². The van der Waals surface area contributed by atoms with Gasteiger partial charge in [0, 0.05) is 13.1 Å². The van der Waals surface area contributed by atoms with Gasteiger partial charge in [0.05, 0.1) is 10.6 Å². The summed E-state index contributed by atoms with van der Waals surface area (Å²) in [5, 5.41) is 3.10. The van der Waals surface area contributed by atoms with E-state index < -0.39 is 15.8 Å². The van der Waals surface area contributed by atoms with E-state index in [1.54, 1.807) is 0 Å². The van der Waals surface area contributed by atoms with E-state index in [2.05, 4.69) is 21.9 Å². The molecule has 2 rings (SSSR count). The van der Waals surface area contributed by atoms with Gasteiger partial charge in [0.25, 0.3) is 0 Å². The van der Waals surface area contributed by atoms with Crippen molar-refractivity contribution in [3.8, 4) is 0 Å². The van der Waals surface area contributed by atoms with E-state index in [-0.39, 0.29) is 4.90 Å². The molecule has 22 heavy (non-hydrogen) atoms. The molecule has 5 nitrogen and oxygen atoms in total. The minimum Gasteiger partial charge on any atom is -0.382 e. The van der Waals surface area contributed by atoms with Gasteiger partial charge in [0.1, 0.15) is 5.82 Å². The monoisotopic (exact) mass is 329 g/mol. The molecule has 1 saturated heterocycles. The topological polar surface area (TPSA) is 61.4 Å². The Balaban J connectivity index is 1.94. The molecular weight excluding hydrogens is 305 g/mol. The van der Waals surface area contributed by atoms with Crippen molar-refractivity contribution in [2.75, 3.05) is 38.5 Å². The number of nitrogens with one attached hydrogen (secondary N) is 2. The summed E-state index contributed by atoms with van der Waals surface area (Å²) in [6.45, 7) is 6.12. The highest BCUT2D eigenvalue weighted by Gasteiger charge is 2.22. The fourth-order valence-electron chi connectivity index (χ4n) is 2.78. The molecule has 0 unspecified atom stereocenters. The third-order valence-corrected chi connectivity index (χ3v) is 5.42. The lowest BCUT2D eigenvalue weighted by molar-refractivity contribution is 0.327. The molecule has 0 amide bonds. The number of benzene rings is 1. The van der Waals surface area contributed by atoms with Gasteiger partial charge in [-0.1, -0.05) is 6.92 Å². The molecule has 7 heteroatoms. The predicted molar refractivity (Wildman–Crippen MR) is 86.0 cm³/mol. The summed E-state index contributed by atoms with van der Waals surface area (Å²) in [7, 11) is -2.30. The number of sulfonamides is 1. The SMILES string of the molecule is CCCN1CC[C@@H](CNc2ccc(S(=O)(=O)NC)cc2F)C1. The Bertz CT molecular complexity index is 607. The molecule has 0 spiro atoms. The average molecular weight is 329 g/mol. The Hall–Kier alpha value is -1.18. The fraction of sp³-hybridized carbons (Fsp3) is 0.600. The normalized spacial score (nSPS) is 19.5. The van der Waals surface area contributed by atoms with E-state index >= 15 is 0 Å². The molecule has 2 N–H and O–H groups in total. The fourth-order valence-corrected chi connectivity index (χ4v) is 3.52. The van der Waals surface area contributed by atoms with E-state index in [0.29, 0.717) is 18.2 Å². The smallest absolute Gasteiger partial charge is 0.240 e. The molecule has 0 aromatic heterocycles. The van der Waals surface area contributed by atoms with Gasteiger partial charge in [-0.15, -0.1) is 0 Å². The molecule has 124 valence electrons. The quantitative estimate of drug-likeness (QED) is 0.802. The zero-order chi connectivity index (χ0) is 16.2. The maximum atomic E-state index is 14.0. The van der Waals surface area contributed by atoms with Crippen LogP contribution in [0, 0.1) is 11.7 Å². The number of hydrogen-bond donors (Lipinski definition) is 2. The largest absolute Gasteiger partial charge is 0.382 e. The number of nitrogens with zero attached hydrogens (tertiary/aromatic N) is 1. The molecule has 1 heterocycles. The molecule has 0 bridgehead atoms. The maximum Gasteiger partial charge on any atom is 0.240 e. The Labute approximate surface area is 131 Å². The molecule has 1 aromatic carbocycles. The van der Waals surface area contributed by atoms with Crippen LogP contribution in [-0.2, 0) is 10.0 Å². The summed E-state index contributed by atoms with van der Waals surface area (Å²) in [5.41, 5.74) is 0.351. The van der Waals surface area contributed by atoms with Crippen LogP contribution in [0.25, 0.3) is 0 Å². The molecule has 0 aliphatic carbocycles. The predicted octanol–water partition coefficient (Wildman–Crippen LogP) is 1.88. The highest BCUT2D eigenvalue weighted by Crippen LogP contribution is 2.21. The second-order valence-corrected chi connectivity index (χ2v) is 7.57. The molecule has 1 aliphatic heterocycles. The van der Waals surface area contributed by atoms with Crippen LogP contribution in [0.5, 0.6) is 0 Å². The van der Waals surface area contributed by atoms with Crippen molar-refractivity contribution in [2.24, 2.45) is 5.92 Å². The van der Waals surface area contributed by atoms with Crippen LogP contribution in [0.1, 0.15) is 19.8 Å². The van der Waals surface area contributed by atoms with E-state index in [9.17, 15) is 12.8 Å². The van der Waals surface area contributed by atoms with Crippen LogP contribution < -0.4 is 10.0 Å². The van der Waals surface area contributed by atoms with Gasteiger partial charge in [0.15, 0.2) is 0 Å². The molecule has 0 saturated carbocycles. The third-order valence-electron chi connectivity index (χ3n) is 4.01. The maximum absolute atomic E-state index is 14.0. The van der Waals surface area contributed by atoms with E-state index in [1.807, 2.05) is 0 Å². The third kappa shape index (κ3) is 4.18. The van der Waals surface area contributed by atoms with E-state index in [0.717, 1.165) is 38.5 Å². The van der Waals surface area contributed by atoms with Crippen LogP contribution in [-0.4, -0.2) is 46.5 Å². The molecular formula is C15H24FN3O2S. The summed E-state index contributed by atoms with van der Waals surface area (Å²) in [6.07, 6.45) is 2.26. The number of rotatable bonds is 7. The Morgan fingerprint density at radius 2 is 2.18 bits per heavy atom. The van der Waals surface area contributed by atoms with Crippen LogP contribution in [0.2, 0.25) is 0 Å². The standard InChI is InChI=1S/C15H24FN3O2S/c1-3-7-19-8-6-12(11-19)10-18-15-5-4-13(9-14(15)16)22(20,21)17-2/h4-5,9,12,17-18H,3,6-8,10-11H2,1-2H3/t12-/m0/s1. The molecule has 0 radical (unpaired) electrons. The zero-order valence-corrected chi connectivity index (χ0v) is 13.9. The van der Waals surface area contributed by atoms with Crippen LogP contribution in [0.3, 0.4) is 0 Å². The minimum absolute atomic E-state index is 0.0620. The molecule has 1 aliphatic rings. The first-order valence-electron chi connectivity index (χ1n) is 7.65. The van der Waals surface area contributed by atoms with Gasteiger partial charge in [-0.25, -0.2) is 17.5 Å². The van der Waals surface area contributed by atoms with Crippen molar-refractivity contribution >= 4 is 15.7 Å². The zero-order valence-electron chi connectivity index (χ0n) is 13.1. The van der Waals surface area contributed by atoms with Gasteiger partial charge >= 0.3 is 0 Å². The molecule has 1 atom stereocenters. The Morgan fingerprint density at radius 1 is 1.41 bits per heavy atom. The second-order valence-electron chi connectivity index (χ2n) is 5.69. The second kappa shape index (κ2) is 7.39. The van der Waals surface area contributed by atoms with E-state index in [4.69, 9.17) is 0 Å². The van der Waals surface area contributed by atoms with Crippen molar-refractivity contribution in [2.45, 2.75) is 24.7 Å². The first kappa shape index (κ1) is 17.2. The van der Waals surface area contributed by atoms with Gasteiger partial charge in [-0.3, -0.25) is 0 Å². The first-order valence-corrected chi connectivity index (χ1v) is 9.14. The highest BCUT2D eigenvalue weighted by molar-refractivity contribution is 7.89. The van der Waals surface area contributed by atoms with Crippen molar-refractivity contribution in [1.82, 2.24) is 9.62 Å². The summed E-state index contributed by atoms with van der Waals surface area (Å²) in [5.74, 6) is -0.0357.